The highest BCUT2D eigenvalue weighted by molar-refractivity contribution is 7.88. The van der Waals surface area contributed by atoms with Crippen molar-refractivity contribution in [2.45, 2.75) is 38.6 Å². The van der Waals surface area contributed by atoms with E-state index >= 15 is 0 Å². The molecular weight excluding hydrogens is 288 g/mol. The Hall–Kier alpha value is -0.950. The van der Waals surface area contributed by atoms with Crippen molar-refractivity contribution in [1.82, 2.24) is 10.0 Å². The first-order chi connectivity index (χ1) is 9.78. The van der Waals surface area contributed by atoms with Crippen molar-refractivity contribution in [3.8, 4) is 0 Å². The van der Waals surface area contributed by atoms with Crippen LogP contribution in [0.1, 0.15) is 31.9 Å². The molecule has 0 fully saturated rings. The van der Waals surface area contributed by atoms with E-state index in [1.54, 1.807) is 21.0 Å². The molecule has 0 atom stereocenters. The highest BCUT2D eigenvalue weighted by Gasteiger charge is 2.24. The van der Waals surface area contributed by atoms with Crippen LogP contribution in [0, 0.1) is 0 Å². The lowest BCUT2D eigenvalue weighted by Gasteiger charge is -2.24. The van der Waals surface area contributed by atoms with E-state index in [1.807, 2.05) is 31.2 Å². The molecule has 1 aromatic carbocycles. The number of rotatable bonds is 9. The predicted octanol–water partition coefficient (Wildman–Crippen LogP) is 1.64. The summed E-state index contributed by atoms with van der Waals surface area (Å²) in [6.07, 6.45) is 0. The van der Waals surface area contributed by atoms with E-state index < -0.39 is 15.6 Å². The highest BCUT2D eigenvalue weighted by atomic mass is 32.2. The molecule has 0 aliphatic rings. The minimum absolute atomic E-state index is 0.0262. The van der Waals surface area contributed by atoms with Crippen molar-refractivity contribution in [2.24, 2.45) is 0 Å². The second kappa shape index (κ2) is 7.89. The summed E-state index contributed by atoms with van der Waals surface area (Å²) in [5.41, 5.74) is 1.31. The number of methoxy groups -OCH3 is 1. The van der Waals surface area contributed by atoms with Crippen molar-refractivity contribution in [3.63, 3.8) is 0 Å². The second-order valence-corrected chi connectivity index (χ2v) is 7.50. The van der Waals surface area contributed by atoms with Gasteiger partial charge in [0.2, 0.25) is 10.0 Å². The molecule has 0 saturated heterocycles. The smallest absolute Gasteiger partial charge is 0.216 e. The molecule has 0 heterocycles. The Kier molecular flexibility index (Phi) is 6.80. The number of ether oxygens (including phenoxy) is 1. The summed E-state index contributed by atoms with van der Waals surface area (Å²) in [5.74, 6) is -0.0262. The average Bonchev–Trinajstić information content (AvgIpc) is 2.36. The third-order valence-electron chi connectivity index (χ3n) is 2.90. The molecule has 0 aromatic heterocycles. The van der Waals surface area contributed by atoms with Crippen LogP contribution in [0.4, 0.5) is 0 Å². The third kappa shape index (κ3) is 7.04. The van der Waals surface area contributed by atoms with Gasteiger partial charge in [0.05, 0.1) is 17.9 Å². The van der Waals surface area contributed by atoms with E-state index in [9.17, 15) is 8.42 Å². The van der Waals surface area contributed by atoms with Crippen molar-refractivity contribution >= 4 is 10.0 Å². The molecule has 0 saturated carbocycles. The quantitative estimate of drug-likeness (QED) is 0.727. The summed E-state index contributed by atoms with van der Waals surface area (Å²) < 4.78 is 32.0. The zero-order valence-corrected chi connectivity index (χ0v) is 14.1. The van der Waals surface area contributed by atoms with Gasteiger partial charge < -0.3 is 10.1 Å². The minimum atomic E-state index is -3.39. The van der Waals surface area contributed by atoms with Gasteiger partial charge in [-0.15, -0.1) is 0 Å². The predicted molar refractivity (Wildman–Crippen MR) is 85.5 cm³/mol. The molecule has 2 N–H and O–H groups in total. The van der Waals surface area contributed by atoms with Gasteiger partial charge in [-0.1, -0.05) is 31.2 Å². The molecule has 1 aromatic rings. The van der Waals surface area contributed by atoms with Crippen molar-refractivity contribution in [1.29, 1.82) is 0 Å². The standard InChI is InChI=1S/C15H26N2O3S/c1-5-16-10-13-6-8-14(9-7-13)11-21(18,19)17-15(2,3)12-20-4/h6-9,16-17H,5,10-12H2,1-4H3. The Balaban J connectivity index is 2.67. The fraction of sp³-hybridized carbons (Fsp3) is 0.600. The van der Waals surface area contributed by atoms with Gasteiger partial charge in [-0.2, -0.15) is 0 Å². The zero-order chi connectivity index (χ0) is 15.9. The first-order valence-electron chi connectivity index (χ1n) is 7.07. The maximum atomic E-state index is 12.2. The lowest BCUT2D eigenvalue weighted by molar-refractivity contribution is 0.141. The lowest BCUT2D eigenvalue weighted by atomic mass is 10.1. The third-order valence-corrected chi connectivity index (χ3v) is 4.47. The van der Waals surface area contributed by atoms with Crippen LogP contribution in [0.5, 0.6) is 0 Å². The average molecular weight is 314 g/mol. The van der Waals surface area contributed by atoms with E-state index in [0.717, 1.165) is 24.2 Å². The molecule has 0 amide bonds. The van der Waals surface area contributed by atoms with Gasteiger partial charge in [-0.25, -0.2) is 13.1 Å². The van der Waals surface area contributed by atoms with E-state index in [-0.39, 0.29) is 5.75 Å². The summed E-state index contributed by atoms with van der Waals surface area (Å²) in [6.45, 7) is 7.68. The molecule has 0 radical (unpaired) electrons. The molecule has 21 heavy (non-hydrogen) atoms. The van der Waals surface area contributed by atoms with Gasteiger partial charge in [-0.05, 0) is 31.5 Å². The van der Waals surface area contributed by atoms with Crippen molar-refractivity contribution in [3.05, 3.63) is 35.4 Å². The molecule has 6 heteroatoms. The number of benzene rings is 1. The normalized spacial score (nSPS) is 12.6. The van der Waals surface area contributed by atoms with Crippen molar-refractivity contribution in [2.75, 3.05) is 20.3 Å². The largest absolute Gasteiger partial charge is 0.383 e. The number of hydrogen-bond donors (Lipinski definition) is 2. The molecule has 5 nitrogen and oxygen atoms in total. The van der Waals surface area contributed by atoms with Crippen LogP contribution in [0.25, 0.3) is 0 Å². The van der Waals surface area contributed by atoms with Crippen LogP contribution in [0.2, 0.25) is 0 Å². The number of sulfonamides is 1. The van der Waals surface area contributed by atoms with Gasteiger partial charge >= 0.3 is 0 Å². The van der Waals surface area contributed by atoms with Crippen LogP contribution in [-0.2, 0) is 27.1 Å². The molecule has 120 valence electrons. The van der Waals surface area contributed by atoms with E-state index in [4.69, 9.17) is 4.74 Å². The fourth-order valence-corrected chi connectivity index (χ4v) is 3.69. The van der Waals surface area contributed by atoms with Crippen LogP contribution in [-0.4, -0.2) is 34.2 Å². The van der Waals surface area contributed by atoms with Crippen LogP contribution >= 0.6 is 0 Å². The van der Waals surface area contributed by atoms with E-state index in [0.29, 0.717) is 6.61 Å². The fourth-order valence-electron chi connectivity index (χ4n) is 2.09. The summed E-state index contributed by atoms with van der Waals surface area (Å²) in [5, 5.41) is 3.23. The Morgan fingerprint density at radius 2 is 1.71 bits per heavy atom. The van der Waals surface area contributed by atoms with Crippen LogP contribution in [0.15, 0.2) is 24.3 Å². The SMILES string of the molecule is CCNCc1ccc(CS(=O)(=O)NC(C)(C)COC)cc1. The summed E-state index contributed by atoms with van der Waals surface area (Å²) in [6, 6.07) is 7.62. The summed E-state index contributed by atoms with van der Waals surface area (Å²) >= 11 is 0. The second-order valence-electron chi connectivity index (χ2n) is 5.77. The first-order valence-corrected chi connectivity index (χ1v) is 8.72. The highest BCUT2D eigenvalue weighted by Crippen LogP contribution is 2.11. The number of hydrogen-bond acceptors (Lipinski definition) is 4. The van der Waals surface area contributed by atoms with Gasteiger partial charge in [0.1, 0.15) is 0 Å². The monoisotopic (exact) mass is 314 g/mol. The Morgan fingerprint density at radius 3 is 2.24 bits per heavy atom. The Bertz CT molecular complexity index is 524. The minimum Gasteiger partial charge on any atom is -0.383 e. The van der Waals surface area contributed by atoms with Crippen molar-refractivity contribution < 1.29 is 13.2 Å². The molecular formula is C15H26N2O3S. The molecule has 0 spiro atoms. The Labute approximate surface area is 128 Å². The molecule has 0 aliphatic carbocycles. The molecule has 0 aliphatic heterocycles. The molecule has 0 unspecified atom stereocenters. The number of nitrogens with one attached hydrogen (secondary N) is 2. The Morgan fingerprint density at radius 1 is 1.14 bits per heavy atom. The van der Waals surface area contributed by atoms with Gasteiger partial charge in [0.15, 0.2) is 0 Å². The van der Waals surface area contributed by atoms with E-state index in [1.165, 1.54) is 0 Å². The topological polar surface area (TPSA) is 67.4 Å². The lowest BCUT2D eigenvalue weighted by Crippen LogP contribution is -2.47. The summed E-state index contributed by atoms with van der Waals surface area (Å²) in [7, 11) is -1.84. The van der Waals surface area contributed by atoms with Gasteiger partial charge in [0.25, 0.3) is 0 Å². The van der Waals surface area contributed by atoms with Gasteiger partial charge in [0, 0.05) is 13.7 Å². The summed E-state index contributed by atoms with van der Waals surface area (Å²) in [4.78, 5) is 0. The zero-order valence-electron chi connectivity index (χ0n) is 13.3. The molecule has 1 rings (SSSR count). The van der Waals surface area contributed by atoms with Crippen LogP contribution < -0.4 is 10.0 Å². The van der Waals surface area contributed by atoms with Gasteiger partial charge in [-0.3, -0.25) is 0 Å². The molecule has 0 bridgehead atoms. The van der Waals surface area contributed by atoms with Crippen LogP contribution in [0.3, 0.4) is 0 Å². The maximum Gasteiger partial charge on any atom is 0.216 e. The van der Waals surface area contributed by atoms with E-state index in [2.05, 4.69) is 10.0 Å². The maximum absolute atomic E-state index is 12.2. The first kappa shape index (κ1) is 18.1.